The molecule has 0 bridgehead atoms. The average molecular weight is 377 g/mol. The number of thiophene rings is 1. The fraction of sp³-hybridized carbons (Fsp3) is 0.333. The van der Waals surface area contributed by atoms with Gasteiger partial charge in [0, 0.05) is 10.0 Å². The van der Waals surface area contributed by atoms with Crippen LogP contribution in [0.25, 0.3) is 0 Å². The molecule has 1 heterocycles. The van der Waals surface area contributed by atoms with Crippen molar-refractivity contribution in [2.45, 2.75) is 26.3 Å². The zero-order valence-corrected chi connectivity index (χ0v) is 14.5. The van der Waals surface area contributed by atoms with E-state index < -0.39 is 0 Å². The highest BCUT2D eigenvalue weighted by molar-refractivity contribution is 9.10. The molecule has 1 aromatic carbocycles. The molecule has 0 aliphatic carbocycles. The SMILES string of the molecule is CCCNC(c1cscc1C)c1cc(Cl)c(Br)cc1F. The number of hydrogen-bond donors (Lipinski definition) is 1. The first-order chi connectivity index (χ1) is 9.54. The smallest absolute Gasteiger partial charge is 0.129 e. The van der Waals surface area contributed by atoms with Gasteiger partial charge in [0.1, 0.15) is 5.82 Å². The number of hydrogen-bond acceptors (Lipinski definition) is 2. The first-order valence-corrected chi connectivity index (χ1v) is 8.56. The van der Waals surface area contributed by atoms with Crippen LogP contribution in [0, 0.1) is 12.7 Å². The van der Waals surface area contributed by atoms with Gasteiger partial charge in [-0.1, -0.05) is 18.5 Å². The Bertz CT molecular complexity index is 600. The van der Waals surface area contributed by atoms with Crippen LogP contribution in [0.4, 0.5) is 4.39 Å². The maximum absolute atomic E-state index is 14.3. The summed E-state index contributed by atoms with van der Waals surface area (Å²) in [4.78, 5) is 0. The van der Waals surface area contributed by atoms with Crippen LogP contribution in [0.3, 0.4) is 0 Å². The molecule has 1 unspecified atom stereocenters. The van der Waals surface area contributed by atoms with Gasteiger partial charge in [-0.15, -0.1) is 0 Å². The molecule has 1 nitrogen and oxygen atoms in total. The molecule has 2 aromatic rings. The molecule has 0 amide bonds. The molecule has 1 N–H and O–H groups in total. The van der Waals surface area contributed by atoms with Crippen LogP contribution in [0.15, 0.2) is 27.4 Å². The summed E-state index contributed by atoms with van der Waals surface area (Å²) in [6.45, 7) is 4.97. The summed E-state index contributed by atoms with van der Waals surface area (Å²) < 4.78 is 14.9. The second-order valence-electron chi connectivity index (χ2n) is 4.69. The van der Waals surface area contributed by atoms with Gasteiger partial charge in [-0.25, -0.2) is 4.39 Å². The summed E-state index contributed by atoms with van der Waals surface area (Å²) in [7, 11) is 0. The van der Waals surface area contributed by atoms with Crippen molar-refractivity contribution >= 4 is 38.9 Å². The van der Waals surface area contributed by atoms with E-state index in [0.717, 1.165) is 18.5 Å². The monoisotopic (exact) mass is 375 g/mol. The van der Waals surface area contributed by atoms with Gasteiger partial charge in [0.05, 0.1) is 11.1 Å². The second-order valence-corrected chi connectivity index (χ2v) is 6.69. The molecular weight excluding hydrogens is 361 g/mol. The lowest BCUT2D eigenvalue weighted by atomic mass is 9.97. The Morgan fingerprint density at radius 2 is 2.10 bits per heavy atom. The number of aryl methyl sites for hydroxylation is 1. The summed E-state index contributed by atoms with van der Waals surface area (Å²) in [5.41, 5.74) is 2.87. The molecule has 1 aromatic heterocycles. The fourth-order valence-corrected chi connectivity index (χ4v) is 3.47. The molecule has 1 atom stereocenters. The van der Waals surface area contributed by atoms with E-state index in [1.54, 1.807) is 17.4 Å². The highest BCUT2D eigenvalue weighted by atomic mass is 79.9. The Hall–Kier alpha value is -0.420. The van der Waals surface area contributed by atoms with Gasteiger partial charge in [0.25, 0.3) is 0 Å². The van der Waals surface area contributed by atoms with Crippen LogP contribution < -0.4 is 5.32 Å². The number of rotatable bonds is 5. The summed E-state index contributed by atoms with van der Waals surface area (Å²) in [6.07, 6.45) is 0.992. The van der Waals surface area contributed by atoms with Gasteiger partial charge in [-0.3, -0.25) is 0 Å². The molecule has 0 saturated heterocycles. The lowest BCUT2D eigenvalue weighted by Gasteiger charge is -2.20. The van der Waals surface area contributed by atoms with Gasteiger partial charge in [0.15, 0.2) is 0 Å². The lowest BCUT2D eigenvalue weighted by molar-refractivity contribution is 0.546. The molecule has 0 fully saturated rings. The number of halogens is 3. The maximum Gasteiger partial charge on any atom is 0.129 e. The van der Waals surface area contributed by atoms with E-state index in [0.29, 0.717) is 15.1 Å². The highest BCUT2D eigenvalue weighted by Crippen LogP contribution is 2.33. The van der Waals surface area contributed by atoms with Gasteiger partial charge in [0.2, 0.25) is 0 Å². The second kappa shape index (κ2) is 7.03. The predicted molar refractivity (Wildman–Crippen MR) is 88.3 cm³/mol. The number of nitrogens with one attached hydrogen (secondary N) is 1. The Kier molecular flexibility index (Phi) is 5.61. The molecule has 0 saturated carbocycles. The standard InChI is InChI=1S/C15H16BrClFNS/c1-3-4-19-15(11-8-20-7-9(11)2)10-5-13(17)12(16)6-14(10)18/h5-8,15,19H,3-4H2,1-2H3. The molecule has 0 aliphatic rings. The third-order valence-corrected chi connectivity index (χ3v) is 5.23. The van der Waals surface area contributed by atoms with E-state index in [2.05, 4.69) is 38.9 Å². The Labute approximate surface area is 136 Å². The summed E-state index contributed by atoms with van der Waals surface area (Å²) in [5, 5.41) is 8.08. The van der Waals surface area contributed by atoms with E-state index in [1.165, 1.54) is 11.6 Å². The van der Waals surface area contributed by atoms with Crippen molar-refractivity contribution in [2.24, 2.45) is 0 Å². The minimum atomic E-state index is -0.250. The van der Waals surface area contributed by atoms with Crippen molar-refractivity contribution in [1.82, 2.24) is 5.32 Å². The molecule has 0 spiro atoms. The Morgan fingerprint density at radius 1 is 1.35 bits per heavy atom. The molecule has 0 radical (unpaired) electrons. The quantitative estimate of drug-likeness (QED) is 0.660. The lowest BCUT2D eigenvalue weighted by Crippen LogP contribution is -2.24. The third kappa shape index (κ3) is 3.42. The predicted octanol–water partition coefficient (Wildman–Crippen LogP) is 5.70. The van der Waals surface area contributed by atoms with Crippen LogP contribution in [-0.4, -0.2) is 6.54 Å². The summed E-state index contributed by atoms with van der Waals surface area (Å²) in [5.74, 6) is -0.250. The van der Waals surface area contributed by atoms with Crippen LogP contribution in [-0.2, 0) is 0 Å². The van der Waals surface area contributed by atoms with Crippen molar-refractivity contribution in [3.8, 4) is 0 Å². The van der Waals surface area contributed by atoms with Gasteiger partial charge < -0.3 is 5.32 Å². The number of benzene rings is 1. The van der Waals surface area contributed by atoms with Crippen LogP contribution >= 0.6 is 38.9 Å². The first-order valence-electron chi connectivity index (χ1n) is 6.45. The highest BCUT2D eigenvalue weighted by Gasteiger charge is 2.21. The van der Waals surface area contributed by atoms with Crippen molar-refractivity contribution < 1.29 is 4.39 Å². The zero-order chi connectivity index (χ0) is 14.7. The zero-order valence-electron chi connectivity index (χ0n) is 11.3. The molecule has 0 aliphatic heterocycles. The molecular formula is C15H16BrClFNS. The van der Waals surface area contributed by atoms with Gasteiger partial charge >= 0.3 is 0 Å². The summed E-state index contributed by atoms with van der Waals surface area (Å²) in [6, 6.07) is 2.97. The van der Waals surface area contributed by atoms with Crippen molar-refractivity contribution in [1.29, 1.82) is 0 Å². The topological polar surface area (TPSA) is 12.0 Å². The van der Waals surface area contributed by atoms with Crippen molar-refractivity contribution in [3.05, 3.63) is 54.9 Å². The van der Waals surface area contributed by atoms with Crippen molar-refractivity contribution in [3.63, 3.8) is 0 Å². The minimum absolute atomic E-state index is 0.160. The van der Waals surface area contributed by atoms with E-state index in [-0.39, 0.29) is 11.9 Å². The van der Waals surface area contributed by atoms with Crippen molar-refractivity contribution in [2.75, 3.05) is 6.54 Å². The van der Waals surface area contributed by atoms with Crippen LogP contribution in [0.1, 0.15) is 36.1 Å². The van der Waals surface area contributed by atoms with E-state index in [4.69, 9.17) is 11.6 Å². The average Bonchev–Trinajstić information content (AvgIpc) is 2.82. The maximum atomic E-state index is 14.3. The first kappa shape index (κ1) is 16.0. The van der Waals surface area contributed by atoms with Crippen LogP contribution in [0.5, 0.6) is 0 Å². The van der Waals surface area contributed by atoms with E-state index in [9.17, 15) is 4.39 Å². The van der Waals surface area contributed by atoms with Gasteiger partial charge in [-0.05, 0) is 69.8 Å². The molecule has 108 valence electrons. The summed E-state index contributed by atoms with van der Waals surface area (Å²) >= 11 is 11.0. The van der Waals surface area contributed by atoms with E-state index in [1.807, 2.05) is 6.92 Å². The Morgan fingerprint density at radius 3 is 2.70 bits per heavy atom. The molecule has 2 rings (SSSR count). The molecule has 20 heavy (non-hydrogen) atoms. The van der Waals surface area contributed by atoms with Crippen LogP contribution in [0.2, 0.25) is 5.02 Å². The van der Waals surface area contributed by atoms with E-state index >= 15 is 0 Å². The third-order valence-electron chi connectivity index (χ3n) is 3.16. The molecule has 5 heteroatoms. The minimum Gasteiger partial charge on any atom is -0.306 e. The normalized spacial score (nSPS) is 12.7. The Balaban J connectivity index is 2.46. The largest absolute Gasteiger partial charge is 0.306 e. The fourth-order valence-electron chi connectivity index (χ4n) is 2.10. The van der Waals surface area contributed by atoms with Gasteiger partial charge in [-0.2, -0.15) is 11.3 Å².